The van der Waals surface area contributed by atoms with Gasteiger partial charge in [-0.25, -0.2) is 9.78 Å². The molecule has 1 aliphatic rings. The maximum absolute atomic E-state index is 12.1. The molecule has 0 radical (unpaired) electrons. The molecule has 0 unspecified atom stereocenters. The lowest BCUT2D eigenvalue weighted by Crippen LogP contribution is -2.37. The predicted octanol–water partition coefficient (Wildman–Crippen LogP) is 1.22. The summed E-state index contributed by atoms with van der Waals surface area (Å²) in [5.74, 6) is 0.592. The first-order valence-electron chi connectivity index (χ1n) is 8.87. The van der Waals surface area contributed by atoms with Crippen LogP contribution in [-0.4, -0.2) is 60.2 Å². The van der Waals surface area contributed by atoms with Gasteiger partial charge in [-0.3, -0.25) is 14.7 Å². The van der Waals surface area contributed by atoms with Crippen LogP contribution in [0.2, 0.25) is 0 Å². The van der Waals surface area contributed by atoms with Crippen molar-refractivity contribution >= 4 is 17.8 Å². The SMILES string of the molecule is CN(CCc1ccccn1)c1ncccc1CNC(=O)CN1CCOC1=O. The van der Waals surface area contributed by atoms with Crippen molar-refractivity contribution in [1.82, 2.24) is 20.2 Å². The molecule has 0 spiro atoms. The predicted molar refractivity (Wildman–Crippen MR) is 100 cm³/mol. The monoisotopic (exact) mass is 369 g/mol. The van der Waals surface area contributed by atoms with Gasteiger partial charge >= 0.3 is 6.09 Å². The Morgan fingerprint density at radius 2 is 2.11 bits per heavy atom. The van der Waals surface area contributed by atoms with Crippen molar-refractivity contribution in [2.75, 3.05) is 38.2 Å². The van der Waals surface area contributed by atoms with Crippen molar-refractivity contribution in [3.63, 3.8) is 0 Å². The third kappa shape index (κ3) is 5.16. The van der Waals surface area contributed by atoms with Gasteiger partial charge in [-0.1, -0.05) is 12.1 Å². The zero-order chi connectivity index (χ0) is 19.1. The van der Waals surface area contributed by atoms with E-state index in [0.29, 0.717) is 19.7 Å². The van der Waals surface area contributed by atoms with Crippen LogP contribution in [0, 0.1) is 0 Å². The summed E-state index contributed by atoms with van der Waals surface area (Å²) in [5.41, 5.74) is 1.94. The van der Waals surface area contributed by atoms with Crippen LogP contribution in [0.3, 0.4) is 0 Å². The number of amides is 2. The molecule has 8 heteroatoms. The van der Waals surface area contributed by atoms with E-state index >= 15 is 0 Å². The molecule has 1 N–H and O–H groups in total. The summed E-state index contributed by atoms with van der Waals surface area (Å²) in [6.45, 7) is 1.89. The number of nitrogens with one attached hydrogen (secondary N) is 1. The molecule has 0 saturated carbocycles. The summed E-state index contributed by atoms with van der Waals surface area (Å²) in [6.07, 6.45) is 3.88. The number of ether oxygens (including phenoxy) is 1. The van der Waals surface area contributed by atoms with E-state index in [1.807, 2.05) is 42.3 Å². The standard InChI is InChI=1S/C19H23N5O3/c1-23(10-7-16-6-2-3-8-20-16)18-15(5-4-9-21-18)13-22-17(25)14-24-11-12-27-19(24)26/h2-6,8-9H,7,10-14H2,1H3,(H,22,25). The maximum Gasteiger partial charge on any atom is 0.410 e. The van der Waals surface area contributed by atoms with Crippen molar-refractivity contribution in [3.05, 3.63) is 54.0 Å². The molecule has 2 amide bonds. The third-order valence-electron chi connectivity index (χ3n) is 4.31. The number of rotatable bonds is 8. The van der Waals surface area contributed by atoms with E-state index < -0.39 is 6.09 Å². The van der Waals surface area contributed by atoms with Crippen molar-refractivity contribution in [1.29, 1.82) is 0 Å². The van der Waals surface area contributed by atoms with E-state index in [4.69, 9.17) is 4.74 Å². The zero-order valence-corrected chi connectivity index (χ0v) is 15.3. The zero-order valence-electron chi connectivity index (χ0n) is 15.3. The van der Waals surface area contributed by atoms with Gasteiger partial charge in [0.05, 0.1) is 6.54 Å². The van der Waals surface area contributed by atoms with Crippen LogP contribution in [-0.2, 0) is 22.5 Å². The molecule has 2 aromatic rings. The molecule has 0 atom stereocenters. The number of anilines is 1. The van der Waals surface area contributed by atoms with Crippen molar-refractivity contribution in [3.8, 4) is 0 Å². The first-order valence-corrected chi connectivity index (χ1v) is 8.87. The molecule has 0 aliphatic carbocycles. The van der Waals surface area contributed by atoms with E-state index in [-0.39, 0.29) is 12.5 Å². The lowest BCUT2D eigenvalue weighted by atomic mass is 10.2. The molecule has 0 bridgehead atoms. The van der Waals surface area contributed by atoms with Gasteiger partial charge in [0.15, 0.2) is 0 Å². The highest BCUT2D eigenvalue weighted by atomic mass is 16.6. The number of pyridine rings is 2. The average molecular weight is 369 g/mol. The fraction of sp³-hybridized carbons (Fsp3) is 0.368. The molecule has 2 aromatic heterocycles. The highest BCUT2D eigenvalue weighted by molar-refractivity contribution is 5.82. The number of aromatic nitrogens is 2. The second-order valence-electron chi connectivity index (χ2n) is 6.29. The quantitative estimate of drug-likeness (QED) is 0.753. The Hall–Kier alpha value is -3.16. The molecule has 1 saturated heterocycles. The summed E-state index contributed by atoms with van der Waals surface area (Å²) < 4.78 is 4.83. The average Bonchev–Trinajstić information content (AvgIpc) is 3.10. The van der Waals surface area contributed by atoms with Gasteiger partial charge in [-0.15, -0.1) is 0 Å². The molecule has 27 heavy (non-hydrogen) atoms. The van der Waals surface area contributed by atoms with Gasteiger partial charge in [0.2, 0.25) is 5.91 Å². The highest BCUT2D eigenvalue weighted by Crippen LogP contribution is 2.16. The van der Waals surface area contributed by atoms with E-state index in [9.17, 15) is 9.59 Å². The molecule has 1 fully saturated rings. The van der Waals surface area contributed by atoms with Crippen LogP contribution in [0.1, 0.15) is 11.3 Å². The molecule has 3 rings (SSSR count). The van der Waals surface area contributed by atoms with Crippen molar-refractivity contribution < 1.29 is 14.3 Å². The van der Waals surface area contributed by atoms with Crippen LogP contribution in [0.15, 0.2) is 42.7 Å². The Balaban J connectivity index is 1.55. The summed E-state index contributed by atoms with van der Waals surface area (Å²) in [7, 11) is 1.97. The van der Waals surface area contributed by atoms with Crippen molar-refractivity contribution in [2.45, 2.75) is 13.0 Å². The number of carbonyl (C=O) groups is 2. The van der Waals surface area contributed by atoms with Crippen LogP contribution in [0.4, 0.5) is 10.6 Å². The summed E-state index contributed by atoms with van der Waals surface area (Å²) >= 11 is 0. The maximum atomic E-state index is 12.1. The van der Waals surface area contributed by atoms with Gasteiger partial charge < -0.3 is 15.0 Å². The Kier molecular flexibility index (Phi) is 6.19. The van der Waals surface area contributed by atoms with Gasteiger partial charge in [-0.2, -0.15) is 0 Å². The molecular weight excluding hydrogens is 346 g/mol. The van der Waals surface area contributed by atoms with Crippen LogP contribution in [0.25, 0.3) is 0 Å². The number of hydrogen-bond donors (Lipinski definition) is 1. The fourth-order valence-corrected chi connectivity index (χ4v) is 2.84. The lowest BCUT2D eigenvalue weighted by Gasteiger charge is -2.21. The largest absolute Gasteiger partial charge is 0.448 e. The van der Waals surface area contributed by atoms with Crippen LogP contribution < -0.4 is 10.2 Å². The summed E-state index contributed by atoms with van der Waals surface area (Å²) in [6, 6.07) is 9.64. The first-order chi connectivity index (χ1) is 13.1. The Morgan fingerprint density at radius 3 is 2.85 bits per heavy atom. The molecule has 8 nitrogen and oxygen atoms in total. The van der Waals surface area contributed by atoms with Gasteiger partial charge in [-0.05, 0) is 18.2 Å². The Bertz CT molecular complexity index is 784. The number of hydrogen-bond acceptors (Lipinski definition) is 6. The molecule has 1 aliphatic heterocycles. The van der Waals surface area contributed by atoms with Gasteiger partial charge in [0, 0.05) is 50.2 Å². The second kappa shape index (κ2) is 8.98. The Labute approximate surface area is 158 Å². The second-order valence-corrected chi connectivity index (χ2v) is 6.29. The minimum Gasteiger partial charge on any atom is -0.448 e. The van der Waals surface area contributed by atoms with E-state index in [1.54, 1.807) is 12.4 Å². The smallest absolute Gasteiger partial charge is 0.410 e. The minimum absolute atomic E-state index is 0.00391. The highest BCUT2D eigenvalue weighted by Gasteiger charge is 2.24. The lowest BCUT2D eigenvalue weighted by molar-refractivity contribution is -0.121. The molecule has 0 aromatic carbocycles. The topological polar surface area (TPSA) is 87.7 Å². The van der Waals surface area contributed by atoms with Gasteiger partial charge in [0.1, 0.15) is 19.0 Å². The van der Waals surface area contributed by atoms with E-state index in [0.717, 1.165) is 30.0 Å². The normalized spacial score (nSPS) is 13.4. The van der Waals surface area contributed by atoms with E-state index in [1.165, 1.54) is 4.90 Å². The van der Waals surface area contributed by atoms with Crippen LogP contribution in [0.5, 0.6) is 0 Å². The van der Waals surface area contributed by atoms with Crippen LogP contribution >= 0.6 is 0 Å². The number of cyclic esters (lactones) is 1. The summed E-state index contributed by atoms with van der Waals surface area (Å²) in [4.78, 5) is 35.8. The molecule has 142 valence electrons. The number of nitrogens with zero attached hydrogens (tertiary/aromatic N) is 4. The number of carbonyl (C=O) groups excluding carboxylic acids is 2. The Morgan fingerprint density at radius 1 is 1.26 bits per heavy atom. The minimum atomic E-state index is -0.443. The molecular formula is C19H23N5O3. The number of likely N-dealkylation sites (N-methyl/N-ethyl adjacent to an activating group) is 1. The first kappa shape index (κ1) is 18.6. The summed E-state index contributed by atoms with van der Waals surface area (Å²) in [5, 5.41) is 2.85. The third-order valence-corrected chi connectivity index (χ3v) is 4.31. The molecule has 3 heterocycles. The van der Waals surface area contributed by atoms with E-state index in [2.05, 4.69) is 15.3 Å². The fourth-order valence-electron chi connectivity index (χ4n) is 2.84. The van der Waals surface area contributed by atoms with Crippen molar-refractivity contribution in [2.24, 2.45) is 0 Å². The van der Waals surface area contributed by atoms with Gasteiger partial charge in [0.25, 0.3) is 0 Å².